The first-order valence-corrected chi connectivity index (χ1v) is 11.5. The third-order valence-corrected chi connectivity index (χ3v) is 5.84. The Bertz CT molecular complexity index is 1280. The molecule has 7 heteroatoms. The van der Waals surface area contributed by atoms with E-state index in [2.05, 4.69) is 6.07 Å². The first kappa shape index (κ1) is 23.7. The Morgan fingerprint density at radius 3 is 2.37 bits per heavy atom. The van der Waals surface area contributed by atoms with Crippen LogP contribution in [0.25, 0.3) is 0 Å². The van der Waals surface area contributed by atoms with Gasteiger partial charge in [-0.2, -0.15) is 5.26 Å². The fourth-order valence-electron chi connectivity index (χ4n) is 4.07. The van der Waals surface area contributed by atoms with Gasteiger partial charge in [0.25, 0.3) is 17.7 Å². The molecule has 4 rings (SSSR count). The molecule has 0 bridgehead atoms. The predicted octanol–water partition coefficient (Wildman–Crippen LogP) is 4.48. The Balaban J connectivity index is 1.56. The molecule has 176 valence electrons. The summed E-state index contributed by atoms with van der Waals surface area (Å²) in [4.78, 5) is 42.0. The van der Waals surface area contributed by atoms with Crippen LogP contribution in [-0.4, -0.2) is 42.3 Å². The molecule has 0 aromatic heterocycles. The van der Waals surface area contributed by atoms with Crippen LogP contribution in [0.2, 0.25) is 0 Å². The summed E-state index contributed by atoms with van der Waals surface area (Å²) in [5, 5.41) is 9.09. The first-order chi connectivity index (χ1) is 17.0. The molecule has 0 unspecified atom stereocenters. The second kappa shape index (κ2) is 10.7. The number of hydrogen-bond acceptors (Lipinski definition) is 5. The predicted molar refractivity (Wildman–Crippen MR) is 131 cm³/mol. The maximum absolute atomic E-state index is 13.4. The summed E-state index contributed by atoms with van der Waals surface area (Å²) in [6, 6.07) is 23.3. The Morgan fingerprint density at radius 2 is 1.69 bits per heavy atom. The molecule has 1 aliphatic rings. The van der Waals surface area contributed by atoms with E-state index in [4.69, 9.17) is 10.00 Å². The molecule has 7 nitrogen and oxygen atoms in total. The van der Waals surface area contributed by atoms with Gasteiger partial charge >= 0.3 is 0 Å². The van der Waals surface area contributed by atoms with Crippen LogP contribution in [-0.2, 0) is 6.42 Å². The SMILES string of the molecule is CCOc1ccc(N(CCC#N)C(=O)c2ccc3c(c2)C(=O)N(CCc2ccccc2)C3=O)cc1. The van der Waals surface area contributed by atoms with Crippen LogP contribution in [0.4, 0.5) is 5.69 Å². The number of nitriles is 1. The lowest BCUT2D eigenvalue weighted by Gasteiger charge is -2.22. The van der Waals surface area contributed by atoms with Gasteiger partial charge in [0, 0.05) is 24.3 Å². The molecule has 0 atom stereocenters. The van der Waals surface area contributed by atoms with E-state index in [0.29, 0.717) is 30.0 Å². The van der Waals surface area contributed by atoms with Gasteiger partial charge in [0.15, 0.2) is 0 Å². The highest BCUT2D eigenvalue weighted by Gasteiger charge is 2.36. The number of fused-ring (bicyclic) bond motifs is 1. The molecule has 3 aromatic rings. The minimum Gasteiger partial charge on any atom is -0.494 e. The van der Waals surface area contributed by atoms with Crippen LogP contribution < -0.4 is 9.64 Å². The molecule has 3 aromatic carbocycles. The number of imide groups is 1. The lowest BCUT2D eigenvalue weighted by Crippen LogP contribution is -2.32. The average molecular weight is 468 g/mol. The number of nitrogens with zero attached hydrogens (tertiary/aromatic N) is 3. The summed E-state index contributed by atoms with van der Waals surface area (Å²) >= 11 is 0. The van der Waals surface area contributed by atoms with Crippen molar-refractivity contribution >= 4 is 23.4 Å². The molecule has 0 fully saturated rings. The minimum atomic E-state index is -0.403. The molecule has 0 N–H and O–H groups in total. The highest BCUT2D eigenvalue weighted by molar-refractivity contribution is 6.22. The number of carbonyl (C=O) groups is 3. The van der Waals surface area contributed by atoms with Crippen molar-refractivity contribution < 1.29 is 19.1 Å². The average Bonchev–Trinajstić information content (AvgIpc) is 3.13. The van der Waals surface area contributed by atoms with E-state index in [0.717, 1.165) is 5.56 Å². The third kappa shape index (κ3) is 5.07. The summed E-state index contributed by atoms with van der Waals surface area (Å²) in [5.41, 5.74) is 2.44. The lowest BCUT2D eigenvalue weighted by atomic mass is 10.0. The Morgan fingerprint density at radius 1 is 0.971 bits per heavy atom. The monoisotopic (exact) mass is 467 g/mol. The Kier molecular flexibility index (Phi) is 7.22. The van der Waals surface area contributed by atoms with Gasteiger partial charge in [-0.3, -0.25) is 19.3 Å². The molecule has 1 aliphatic heterocycles. The van der Waals surface area contributed by atoms with E-state index in [-0.39, 0.29) is 42.5 Å². The molecule has 0 aliphatic carbocycles. The zero-order chi connectivity index (χ0) is 24.8. The number of hydrogen-bond donors (Lipinski definition) is 0. The van der Waals surface area contributed by atoms with Crippen molar-refractivity contribution in [1.29, 1.82) is 5.26 Å². The van der Waals surface area contributed by atoms with Crippen LogP contribution >= 0.6 is 0 Å². The lowest BCUT2D eigenvalue weighted by molar-refractivity contribution is 0.0656. The molecular weight excluding hydrogens is 442 g/mol. The maximum atomic E-state index is 13.4. The molecule has 35 heavy (non-hydrogen) atoms. The number of carbonyl (C=O) groups excluding carboxylic acids is 3. The standard InChI is InChI=1S/C28H25N3O4/c1-2-35-23-12-10-22(11-13-23)30(17-6-16-29)26(32)21-9-14-24-25(19-21)28(34)31(27(24)33)18-15-20-7-4-3-5-8-20/h3-5,7-14,19H,2,6,15,17-18H2,1H3. The minimum absolute atomic E-state index is 0.147. The zero-order valence-electron chi connectivity index (χ0n) is 19.4. The van der Waals surface area contributed by atoms with Crippen LogP contribution in [0.15, 0.2) is 72.8 Å². The Hall–Kier alpha value is -4.44. The van der Waals surface area contributed by atoms with E-state index in [1.54, 1.807) is 30.3 Å². The van der Waals surface area contributed by atoms with E-state index in [1.807, 2.05) is 37.3 Å². The van der Waals surface area contributed by atoms with Crippen LogP contribution in [0.1, 0.15) is 50.0 Å². The summed E-state index contributed by atoms with van der Waals surface area (Å²) in [7, 11) is 0. The van der Waals surface area contributed by atoms with Gasteiger partial charge in [0.2, 0.25) is 0 Å². The van der Waals surface area contributed by atoms with Crippen molar-refractivity contribution in [3.8, 4) is 11.8 Å². The third-order valence-electron chi connectivity index (χ3n) is 5.84. The zero-order valence-corrected chi connectivity index (χ0v) is 19.4. The second-order valence-electron chi connectivity index (χ2n) is 8.05. The quantitative estimate of drug-likeness (QED) is 0.433. The number of rotatable bonds is 9. The van der Waals surface area contributed by atoms with Crippen molar-refractivity contribution in [1.82, 2.24) is 4.90 Å². The van der Waals surface area contributed by atoms with E-state index in [9.17, 15) is 14.4 Å². The van der Waals surface area contributed by atoms with Crippen molar-refractivity contribution in [2.75, 3.05) is 24.6 Å². The largest absolute Gasteiger partial charge is 0.494 e. The number of benzene rings is 3. The maximum Gasteiger partial charge on any atom is 0.261 e. The van der Waals surface area contributed by atoms with Crippen molar-refractivity contribution in [3.05, 3.63) is 95.1 Å². The molecule has 0 saturated carbocycles. The smallest absolute Gasteiger partial charge is 0.261 e. The van der Waals surface area contributed by atoms with Crippen LogP contribution in [0.3, 0.4) is 0 Å². The van der Waals surface area contributed by atoms with Gasteiger partial charge < -0.3 is 9.64 Å². The summed E-state index contributed by atoms with van der Waals surface area (Å²) in [6.07, 6.45) is 0.701. The van der Waals surface area contributed by atoms with Gasteiger partial charge in [0.05, 0.1) is 30.2 Å². The van der Waals surface area contributed by atoms with E-state index < -0.39 is 5.91 Å². The highest BCUT2D eigenvalue weighted by atomic mass is 16.5. The van der Waals surface area contributed by atoms with E-state index >= 15 is 0 Å². The summed E-state index contributed by atoms with van der Waals surface area (Å²) < 4.78 is 5.47. The number of ether oxygens (including phenoxy) is 1. The van der Waals surface area contributed by atoms with Gasteiger partial charge in [-0.1, -0.05) is 30.3 Å². The summed E-state index contributed by atoms with van der Waals surface area (Å²) in [6.45, 7) is 2.87. The van der Waals surface area contributed by atoms with Gasteiger partial charge in [-0.05, 0) is 61.4 Å². The van der Waals surface area contributed by atoms with Gasteiger partial charge in [0.1, 0.15) is 5.75 Å². The van der Waals surface area contributed by atoms with Gasteiger partial charge in [-0.25, -0.2) is 0 Å². The molecule has 0 radical (unpaired) electrons. The molecular formula is C28H25N3O4. The second-order valence-corrected chi connectivity index (χ2v) is 8.05. The fourth-order valence-corrected chi connectivity index (χ4v) is 4.07. The first-order valence-electron chi connectivity index (χ1n) is 11.5. The number of amides is 3. The van der Waals surface area contributed by atoms with Crippen molar-refractivity contribution in [2.24, 2.45) is 0 Å². The molecule has 0 spiro atoms. The fraction of sp³-hybridized carbons (Fsp3) is 0.214. The van der Waals surface area contributed by atoms with Gasteiger partial charge in [-0.15, -0.1) is 0 Å². The molecule has 0 saturated heterocycles. The van der Waals surface area contributed by atoms with Crippen LogP contribution in [0, 0.1) is 11.3 Å². The normalized spacial score (nSPS) is 12.3. The number of anilines is 1. The topological polar surface area (TPSA) is 90.7 Å². The van der Waals surface area contributed by atoms with Crippen molar-refractivity contribution in [3.63, 3.8) is 0 Å². The highest BCUT2D eigenvalue weighted by Crippen LogP contribution is 2.27. The molecule has 3 amide bonds. The Labute approximate surface area is 204 Å². The summed E-state index contributed by atoms with van der Waals surface area (Å²) in [5.74, 6) is -0.427. The molecule has 1 heterocycles. The van der Waals surface area contributed by atoms with E-state index in [1.165, 1.54) is 21.9 Å². The van der Waals surface area contributed by atoms with Crippen LogP contribution in [0.5, 0.6) is 5.75 Å². The van der Waals surface area contributed by atoms with Crippen molar-refractivity contribution in [2.45, 2.75) is 19.8 Å².